The number of rotatable bonds is 8. The molecule has 9 nitrogen and oxygen atoms in total. The van der Waals surface area contributed by atoms with Gasteiger partial charge in [0.15, 0.2) is 6.61 Å². The summed E-state index contributed by atoms with van der Waals surface area (Å²) in [5.74, 6) is -0.600. The van der Waals surface area contributed by atoms with E-state index in [2.05, 4.69) is 10.3 Å². The predicted octanol–water partition coefficient (Wildman–Crippen LogP) is 1.35. The van der Waals surface area contributed by atoms with Crippen LogP contribution in [0, 0.1) is 5.92 Å². The molecule has 1 aromatic heterocycles. The van der Waals surface area contributed by atoms with Crippen molar-refractivity contribution in [3.63, 3.8) is 0 Å². The van der Waals surface area contributed by atoms with Gasteiger partial charge < -0.3 is 14.8 Å². The fourth-order valence-corrected chi connectivity index (χ4v) is 4.66. The predicted molar refractivity (Wildman–Crippen MR) is 112 cm³/mol. The van der Waals surface area contributed by atoms with Crippen molar-refractivity contribution in [2.45, 2.75) is 24.3 Å². The largest absolute Gasteiger partial charge is 0.497 e. The van der Waals surface area contributed by atoms with Gasteiger partial charge >= 0.3 is 5.97 Å². The maximum Gasteiger partial charge on any atom is 0.309 e. The molecule has 1 saturated heterocycles. The number of sulfonamides is 1. The Bertz CT molecular complexity index is 988. The lowest BCUT2D eigenvalue weighted by atomic mass is 9.98. The molecule has 0 unspecified atom stereocenters. The number of amides is 1. The van der Waals surface area contributed by atoms with Crippen LogP contribution < -0.4 is 10.1 Å². The van der Waals surface area contributed by atoms with Crippen molar-refractivity contribution < 1.29 is 27.5 Å². The van der Waals surface area contributed by atoms with Crippen LogP contribution in [-0.4, -0.2) is 56.4 Å². The number of ether oxygens (including phenoxy) is 2. The average Bonchev–Trinajstić information content (AvgIpc) is 2.82. The first-order chi connectivity index (χ1) is 14.9. The van der Waals surface area contributed by atoms with E-state index in [1.54, 1.807) is 25.3 Å². The number of hydrogen-bond donors (Lipinski definition) is 1. The van der Waals surface area contributed by atoms with Gasteiger partial charge in [0.1, 0.15) is 10.6 Å². The summed E-state index contributed by atoms with van der Waals surface area (Å²) in [7, 11) is -2.05. The van der Waals surface area contributed by atoms with E-state index in [4.69, 9.17) is 9.47 Å². The Morgan fingerprint density at radius 2 is 1.87 bits per heavy atom. The molecule has 0 atom stereocenters. The van der Waals surface area contributed by atoms with Gasteiger partial charge in [-0.05, 0) is 42.7 Å². The van der Waals surface area contributed by atoms with Gasteiger partial charge in [0.2, 0.25) is 10.0 Å². The minimum Gasteiger partial charge on any atom is -0.497 e. The van der Waals surface area contributed by atoms with Gasteiger partial charge in [0, 0.05) is 32.0 Å². The van der Waals surface area contributed by atoms with E-state index in [9.17, 15) is 18.0 Å². The number of nitrogens with one attached hydrogen (secondary N) is 1. The van der Waals surface area contributed by atoms with Crippen LogP contribution in [0.1, 0.15) is 18.4 Å². The average molecular weight is 448 g/mol. The lowest BCUT2D eigenvalue weighted by Crippen LogP contribution is -2.41. The monoisotopic (exact) mass is 447 g/mol. The Morgan fingerprint density at radius 1 is 1.16 bits per heavy atom. The van der Waals surface area contributed by atoms with Crippen molar-refractivity contribution >= 4 is 21.9 Å². The molecule has 1 aliphatic rings. The van der Waals surface area contributed by atoms with Crippen LogP contribution in [0.2, 0.25) is 0 Å². The minimum absolute atomic E-state index is 0.129. The summed E-state index contributed by atoms with van der Waals surface area (Å²) in [5, 5.41) is 2.69. The molecule has 1 amide bonds. The van der Waals surface area contributed by atoms with Crippen LogP contribution in [-0.2, 0) is 30.9 Å². The van der Waals surface area contributed by atoms with Gasteiger partial charge in [-0.15, -0.1) is 0 Å². The number of piperidine rings is 1. The maximum atomic E-state index is 12.6. The molecule has 166 valence electrons. The number of esters is 1. The number of hydrogen-bond acceptors (Lipinski definition) is 7. The van der Waals surface area contributed by atoms with Crippen LogP contribution in [0.15, 0.2) is 53.7 Å². The number of carbonyl (C=O) groups excluding carboxylic acids is 2. The lowest BCUT2D eigenvalue weighted by Gasteiger charge is -2.29. The molecule has 0 radical (unpaired) electrons. The molecule has 0 aliphatic carbocycles. The Balaban J connectivity index is 1.41. The van der Waals surface area contributed by atoms with Crippen molar-refractivity contribution in [2.24, 2.45) is 5.92 Å². The molecule has 2 heterocycles. The van der Waals surface area contributed by atoms with Crippen LogP contribution in [0.5, 0.6) is 5.75 Å². The summed E-state index contributed by atoms with van der Waals surface area (Å²) in [5.41, 5.74) is 0.891. The summed E-state index contributed by atoms with van der Waals surface area (Å²) in [6, 6.07) is 10.3. The van der Waals surface area contributed by atoms with Crippen molar-refractivity contribution in [3.05, 3.63) is 54.4 Å². The smallest absolute Gasteiger partial charge is 0.309 e. The molecule has 0 saturated carbocycles. The Morgan fingerprint density at radius 3 is 2.48 bits per heavy atom. The highest BCUT2D eigenvalue weighted by molar-refractivity contribution is 7.89. The zero-order valence-corrected chi connectivity index (χ0v) is 18.0. The van der Waals surface area contributed by atoms with Crippen molar-refractivity contribution in [1.29, 1.82) is 0 Å². The molecule has 1 aromatic carbocycles. The zero-order chi connectivity index (χ0) is 22.3. The molecule has 31 heavy (non-hydrogen) atoms. The van der Waals surface area contributed by atoms with Crippen LogP contribution >= 0.6 is 0 Å². The van der Waals surface area contributed by atoms with Crippen LogP contribution in [0.25, 0.3) is 0 Å². The highest BCUT2D eigenvalue weighted by Gasteiger charge is 2.33. The topological polar surface area (TPSA) is 115 Å². The number of pyridine rings is 1. The maximum absolute atomic E-state index is 12.6. The molecule has 2 aromatic rings. The van der Waals surface area contributed by atoms with Gasteiger partial charge in [-0.3, -0.25) is 14.6 Å². The third kappa shape index (κ3) is 6.02. The standard InChI is InChI=1S/C21H25N3O6S/c1-29-18-6-4-16(5-7-18)13-23-20(25)15-30-21(26)17-8-11-24(12-9-17)31(27,28)19-3-2-10-22-14-19/h2-7,10,14,17H,8-9,11-13,15H2,1H3,(H,23,25). The summed E-state index contributed by atoms with van der Waals surface area (Å²) < 4.78 is 36.8. The Labute approximate surface area is 181 Å². The lowest BCUT2D eigenvalue weighted by molar-refractivity contribution is -0.153. The molecular weight excluding hydrogens is 422 g/mol. The normalized spacial score (nSPS) is 15.3. The molecule has 1 aliphatic heterocycles. The first kappa shape index (κ1) is 22.7. The molecule has 1 fully saturated rings. The number of carbonyl (C=O) groups is 2. The van der Waals surface area contributed by atoms with E-state index in [1.165, 1.54) is 22.8 Å². The second kappa shape index (κ2) is 10.4. The third-order valence-corrected chi connectivity index (χ3v) is 6.94. The summed E-state index contributed by atoms with van der Waals surface area (Å²) in [6.45, 7) is 0.357. The van der Waals surface area contributed by atoms with Crippen molar-refractivity contribution in [1.82, 2.24) is 14.6 Å². The number of aromatic nitrogens is 1. The zero-order valence-electron chi connectivity index (χ0n) is 17.2. The van der Waals surface area contributed by atoms with Crippen LogP contribution in [0.4, 0.5) is 0 Å². The third-order valence-electron chi connectivity index (χ3n) is 5.05. The van der Waals surface area contributed by atoms with Gasteiger partial charge in [-0.1, -0.05) is 12.1 Å². The van der Waals surface area contributed by atoms with Crippen molar-refractivity contribution in [2.75, 3.05) is 26.8 Å². The Kier molecular flexibility index (Phi) is 7.59. The molecule has 0 spiro atoms. The SMILES string of the molecule is COc1ccc(CNC(=O)COC(=O)C2CCN(S(=O)(=O)c3cccnc3)CC2)cc1. The number of nitrogens with zero attached hydrogens (tertiary/aromatic N) is 2. The first-order valence-corrected chi connectivity index (χ1v) is 11.3. The van der Waals surface area contributed by atoms with Crippen molar-refractivity contribution in [3.8, 4) is 5.75 Å². The van der Waals surface area contributed by atoms with E-state index in [0.717, 1.165) is 11.3 Å². The van der Waals surface area contributed by atoms with E-state index in [0.29, 0.717) is 19.4 Å². The molecule has 0 bridgehead atoms. The van der Waals surface area contributed by atoms with E-state index >= 15 is 0 Å². The van der Waals surface area contributed by atoms with Gasteiger partial charge in [-0.2, -0.15) is 4.31 Å². The summed E-state index contributed by atoms with van der Waals surface area (Å²) in [4.78, 5) is 28.2. The number of methoxy groups -OCH3 is 1. The van der Waals surface area contributed by atoms with Gasteiger partial charge in [0.25, 0.3) is 5.91 Å². The van der Waals surface area contributed by atoms with Crippen LogP contribution in [0.3, 0.4) is 0 Å². The molecule has 1 N–H and O–H groups in total. The first-order valence-electron chi connectivity index (χ1n) is 9.86. The fourth-order valence-electron chi connectivity index (χ4n) is 3.23. The van der Waals surface area contributed by atoms with E-state index in [-0.39, 0.29) is 24.6 Å². The molecule has 3 rings (SSSR count). The van der Waals surface area contributed by atoms with Gasteiger partial charge in [-0.25, -0.2) is 8.42 Å². The highest BCUT2D eigenvalue weighted by atomic mass is 32.2. The second-order valence-corrected chi connectivity index (χ2v) is 9.04. The highest BCUT2D eigenvalue weighted by Crippen LogP contribution is 2.24. The fraction of sp³-hybridized carbons (Fsp3) is 0.381. The van der Waals surface area contributed by atoms with Gasteiger partial charge in [0.05, 0.1) is 13.0 Å². The quantitative estimate of drug-likeness (QED) is 0.608. The summed E-state index contributed by atoms with van der Waals surface area (Å²) in [6.07, 6.45) is 3.49. The second-order valence-electron chi connectivity index (χ2n) is 7.10. The summed E-state index contributed by atoms with van der Waals surface area (Å²) >= 11 is 0. The minimum atomic E-state index is -3.63. The Hall–Kier alpha value is -2.98. The van der Waals surface area contributed by atoms with E-state index < -0.39 is 27.8 Å². The van der Waals surface area contributed by atoms with E-state index in [1.807, 2.05) is 12.1 Å². The number of benzene rings is 1. The molecule has 10 heteroatoms. The molecular formula is C21H25N3O6S.